The third-order valence-electron chi connectivity index (χ3n) is 5.44. The predicted octanol–water partition coefficient (Wildman–Crippen LogP) is 5.47. The van der Waals surface area contributed by atoms with Crippen molar-refractivity contribution in [2.45, 2.75) is 32.3 Å². The zero-order valence-electron chi connectivity index (χ0n) is 18.3. The van der Waals surface area contributed by atoms with Crippen LogP contribution in [-0.4, -0.2) is 33.7 Å². The number of ether oxygens (including phenoxy) is 1. The Bertz CT molecular complexity index is 1200. The second-order valence-electron chi connectivity index (χ2n) is 8.13. The van der Waals surface area contributed by atoms with Crippen molar-refractivity contribution < 1.29 is 27.5 Å². The van der Waals surface area contributed by atoms with Gasteiger partial charge in [0.05, 0.1) is 24.1 Å². The number of alkyl halides is 3. The molecule has 0 aliphatic carbocycles. The van der Waals surface area contributed by atoms with Crippen LogP contribution in [0.15, 0.2) is 73.1 Å². The number of carbonyl (C=O) groups excluding carboxylic acids is 2. The summed E-state index contributed by atoms with van der Waals surface area (Å²) < 4.78 is 41.2. The number of benzene rings is 2. The Morgan fingerprint density at radius 1 is 1.00 bits per heavy atom. The molecular weight excluding hydrogens is 449 g/mol. The molecule has 1 aliphatic heterocycles. The van der Waals surface area contributed by atoms with Crippen molar-refractivity contribution in [1.82, 2.24) is 9.88 Å². The average molecular weight is 470 g/mol. The topological polar surface area (TPSA) is 74.8 Å². The van der Waals surface area contributed by atoms with Crippen molar-refractivity contribution in [3.8, 4) is 5.75 Å². The van der Waals surface area contributed by atoms with Gasteiger partial charge in [0, 0.05) is 11.9 Å². The Hall–Kier alpha value is -4.08. The molecule has 34 heavy (non-hydrogen) atoms. The molecule has 176 valence electrons. The second kappa shape index (κ2) is 8.69. The summed E-state index contributed by atoms with van der Waals surface area (Å²) in [7, 11) is 0. The summed E-state index contributed by atoms with van der Waals surface area (Å²) in [6.07, 6.45) is -1.61. The Morgan fingerprint density at radius 2 is 1.68 bits per heavy atom. The highest BCUT2D eigenvalue weighted by molar-refractivity contribution is 6.22. The second-order valence-corrected chi connectivity index (χ2v) is 8.13. The predicted molar refractivity (Wildman–Crippen MR) is 120 cm³/mol. The smallest absolute Gasteiger partial charge is 0.406 e. The summed E-state index contributed by atoms with van der Waals surface area (Å²) in [5.41, 5.74) is 1.21. The SMILES string of the molecule is CC1(C)C(=O)N(c2ccc(OC(F)(F)F)cc2)C(=O)N1Cc1ccncc1Nc1ccccc1. The molecular formula is C24H21F3N4O3. The highest BCUT2D eigenvalue weighted by Crippen LogP contribution is 2.35. The van der Waals surface area contributed by atoms with Crippen molar-refractivity contribution in [3.05, 3.63) is 78.6 Å². The summed E-state index contributed by atoms with van der Waals surface area (Å²) in [6, 6.07) is 15.2. The summed E-state index contributed by atoms with van der Waals surface area (Å²) in [4.78, 5) is 33.0. The molecule has 1 fully saturated rings. The first-order valence-corrected chi connectivity index (χ1v) is 10.3. The van der Waals surface area contributed by atoms with Crippen LogP contribution in [0.4, 0.5) is 35.0 Å². The van der Waals surface area contributed by atoms with Gasteiger partial charge in [-0.3, -0.25) is 9.78 Å². The van der Waals surface area contributed by atoms with Crippen LogP contribution in [0.1, 0.15) is 19.4 Å². The lowest BCUT2D eigenvalue weighted by Gasteiger charge is -2.28. The number of nitrogens with zero attached hydrogens (tertiary/aromatic N) is 3. The first-order valence-electron chi connectivity index (χ1n) is 10.3. The van der Waals surface area contributed by atoms with Gasteiger partial charge in [0.2, 0.25) is 0 Å². The zero-order valence-corrected chi connectivity index (χ0v) is 18.3. The molecule has 1 aliphatic rings. The van der Waals surface area contributed by atoms with Gasteiger partial charge >= 0.3 is 12.4 Å². The normalized spacial score (nSPS) is 15.6. The van der Waals surface area contributed by atoms with E-state index < -0.39 is 29.6 Å². The Morgan fingerprint density at radius 3 is 2.32 bits per heavy atom. The molecule has 0 spiro atoms. The van der Waals surface area contributed by atoms with Gasteiger partial charge in [0.15, 0.2) is 0 Å². The van der Waals surface area contributed by atoms with Gasteiger partial charge < -0.3 is 15.0 Å². The van der Waals surface area contributed by atoms with Crippen molar-refractivity contribution in [2.24, 2.45) is 0 Å². The number of aromatic nitrogens is 1. The Balaban J connectivity index is 1.59. The van der Waals surface area contributed by atoms with E-state index in [2.05, 4.69) is 15.0 Å². The van der Waals surface area contributed by atoms with Crippen molar-refractivity contribution in [1.29, 1.82) is 0 Å². The third kappa shape index (κ3) is 4.66. The Labute approximate surface area is 193 Å². The van der Waals surface area contributed by atoms with E-state index in [1.807, 2.05) is 30.3 Å². The van der Waals surface area contributed by atoms with Gasteiger partial charge in [-0.05, 0) is 61.9 Å². The maximum atomic E-state index is 13.3. The molecule has 4 rings (SSSR count). The van der Waals surface area contributed by atoms with E-state index in [-0.39, 0.29) is 12.2 Å². The van der Waals surface area contributed by atoms with E-state index in [4.69, 9.17) is 0 Å². The average Bonchev–Trinajstić information content (AvgIpc) is 2.95. The van der Waals surface area contributed by atoms with Crippen LogP contribution in [0.25, 0.3) is 0 Å². The van der Waals surface area contributed by atoms with Crippen molar-refractivity contribution in [3.63, 3.8) is 0 Å². The molecule has 2 heterocycles. The number of hydrogen-bond donors (Lipinski definition) is 1. The van der Waals surface area contributed by atoms with E-state index in [0.29, 0.717) is 5.69 Å². The molecule has 0 atom stereocenters. The van der Waals surface area contributed by atoms with Crippen molar-refractivity contribution >= 4 is 29.0 Å². The number of imide groups is 1. The summed E-state index contributed by atoms with van der Waals surface area (Å²) in [5.74, 6) is -0.937. The molecule has 10 heteroatoms. The quantitative estimate of drug-likeness (QED) is 0.484. The molecule has 0 bridgehead atoms. The molecule has 2 aromatic carbocycles. The number of pyridine rings is 1. The van der Waals surface area contributed by atoms with Gasteiger partial charge in [0.25, 0.3) is 5.91 Å². The van der Waals surface area contributed by atoms with Crippen LogP contribution in [0, 0.1) is 0 Å². The first-order chi connectivity index (χ1) is 16.1. The maximum Gasteiger partial charge on any atom is 0.573 e. The van der Waals surface area contributed by atoms with Gasteiger partial charge in [0.1, 0.15) is 11.3 Å². The lowest BCUT2D eigenvalue weighted by Crippen LogP contribution is -2.43. The molecule has 0 radical (unpaired) electrons. The highest BCUT2D eigenvalue weighted by atomic mass is 19.4. The van der Waals surface area contributed by atoms with Crippen LogP contribution in [0.3, 0.4) is 0 Å². The monoisotopic (exact) mass is 470 g/mol. The summed E-state index contributed by atoms with van der Waals surface area (Å²) in [6.45, 7) is 3.36. The molecule has 0 saturated carbocycles. The van der Waals surface area contributed by atoms with Crippen LogP contribution in [0.2, 0.25) is 0 Å². The lowest BCUT2D eigenvalue weighted by molar-refractivity contribution is -0.274. The van der Waals surface area contributed by atoms with Crippen LogP contribution in [-0.2, 0) is 11.3 Å². The number of anilines is 3. The Kier molecular flexibility index (Phi) is 5.90. The van der Waals surface area contributed by atoms with E-state index >= 15 is 0 Å². The number of carbonyl (C=O) groups is 2. The number of hydrogen-bond acceptors (Lipinski definition) is 5. The van der Waals surface area contributed by atoms with Gasteiger partial charge in [-0.1, -0.05) is 18.2 Å². The molecule has 7 nitrogen and oxygen atoms in total. The molecule has 3 aromatic rings. The van der Waals surface area contributed by atoms with Gasteiger partial charge in [-0.2, -0.15) is 0 Å². The largest absolute Gasteiger partial charge is 0.573 e. The fourth-order valence-corrected chi connectivity index (χ4v) is 3.65. The molecule has 1 saturated heterocycles. The number of nitrogens with one attached hydrogen (secondary N) is 1. The summed E-state index contributed by atoms with van der Waals surface area (Å²) >= 11 is 0. The molecule has 1 aromatic heterocycles. The number of rotatable bonds is 6. The standard InChI is InChI=1S/C24H21F3N4O3/c1-23(2)21(32)31(18-8-10-19(11-9-18)34-24(25,26)27)22(33)30(23)15-16-12-13-28-14-20(16)29-17-6-4-3-5-7-17/h3-14,29H,15H2,1-2H3. The zero-order chi connectivity index (χ0) is 24.5. The number of halogens is 3. The fraction of sp³-hybridized carbons (Fsp3) is 0.208. The third-order valence-corrected chi connectivity index (χ3v) is 5.44. The lowest BCUT2D eigenvalue weighted by atomic mass is 10.0. The van der Waals surface area contributed by atoms with E-state index in [9.17, 15) is 22.8 Å². The van der Waals surface area contributed by atoms with Crippen molar-refractivity contribution in [2.75, 3.05) is 10.2 Å². The number of amides is 3. The van der Waals surface area contributed by atoms with E-state index in [1.165, 1.54) is 17.0 Å². The highest BCUT2D eigenvalue weighted by Gasteiger charge is 2.51. The van der Waals surface area contributed by atoms with Crippen LogP contribution < -0.4 is 15.0 Å². The number of para-hydroxylation sites is 1. The minimum atomic E-state index is -4.84. The van der Waals surface area contributed by atoms with Crippen LogP contribution >= 0.6 is 0 Å². The van der Waals surface area contributed by atoms with Gasteiger partial charge in [-0.15, -0.1) is 13.2 Å². The minimum absolute atomic E-state index is 0.112. The fourth-order valence-electron chi connectivity index (χ4n) is 3.65. The van der Waals surface area contributed by atoms with Crippen LogP contribution in [0.5, 0.6) is 5.75 Å². The van der Waals surface area contributed by atoms with E-state index in [1.54, 1.807) is 32.3 Å². The van der Waals surface area contributed by atoms with E-state index in [0.717, 1.165) is 28.3 Å². The maximum absolute atomic E-state index is 13.3. The number of urea groups is 1. The summed E-state index contributed by atoms with van der Waals surface area (Å²) in [5, 5.41) is 3.26. The first kappa shape index (κ1) is 23.1. The molecule has 1 N–H and O–H groups in total. The molecule has 3 amide bonds. The minimum Gasteiger partial charge on any atom is -0.406 e. The molecule has 0 unspecified atom stereocenters. The van der Waals surface area contributed by atoms with Gasteiger partial charge in [-0.25, -0.2) is 9.69 Å².